The number of hydrogen-bond donors (Lipinski definition) is 1. The molecule has 1 fully saturated rings. The van der Waals surface area contributed by atoms with Gasteiger partial charge >= 0.3 is 0 Å². The Labute approximate surface area is 233 Å². The number of halogens is 1. The van der Waals surface area contributed by atoms with Crippen LogP contribution in [0, 0.1) is 9.49 Å². The molecular weight excluding hydrogens is 593 g/mol. The van der Waals surface area contributed by atoms with Crippen molar-refractivity contribution >= 4 is 47.4 Å². The van der Waals surface area contributed by atoms with E-state index in [0.717, 1.165) is 26.1 Å². The molecule has 5 rings (SSSR count). The molecular formula is C30H34INO4Si. The van der Waals surface area contributed by atoms with Gasteiger partial charge in [-0.25, -0.2) is 0 Å². The summed E-state index contributed by atoms with van der Waals surface area (Å²) in [5, 5.41) is 11.3. The van der Waals surface area contributed by atoms with Crippen LogP contribution in [-0.4, -0.2) is 38.9 Å². The number of fused-ring (bicyclic) bond motifs is 2. The summed E-state index contributed by atoms with van der Waals surface area (Å²) >= 11 is 2.31. The van der Waals surface area contributed by atoms with Crippen molar-refractivity contribution in [2.75, 3.05) is 18.6 Å². The minimum atomic E-state index is -2.16. The molecule has 1 spiro atoms. The summed E-state index contributed by atoms with van der Waals surface area (Å²) in [7, 11) is -0.480. The fourth-order valence-corrected chi connectivity index (χ4v) is 11.3. The van der Waals surface area contributed by atoms with Gasteiger partial charge in [-0.3, -0.25) is 4.79 Å². The van der Waals surface area contributed by atoms with Crippen LogP contribution in [0.3, 0.4) is 0 Å². The van der Waals surface area contributed by atoms with Gasteiger partial charge in [-0.05, 0) is 70.4 Å². The standard InChI is InChI=1S/C30H34INO4Si/c1-20-28(37(3,4)24-14-12-23(35-2)13-15-24)27(16-17-33)36-30(20)25-10-5-6-11-26(25)32(29(30)34)19-21-8-7-9-22(31)18-21/h5-15,18,20,27-28,33H,16-17,19H2,1-4H3/t20-,27+,28-,30-/m1/s1. The van der Waals surface area contributed by atoms with Gasteiger partial charge in [0.15, 0.2) is 5.60 Å². The van der Waals surface area contributed by atoms with E-state index in [2.05, 4.69) is 79.0 Å². The lowest BCUT2D eigenvalue weighted by Crippen LogP contribution is -2.51. The van der Waals surface area contributed by atoms with Crippen LogP contribution in [0.15, 0.2) is 72.8 Å². The SMILES string of the molecule is COc1ccc([Si](C)(C)[C@H]2[C@H](CCO)O[C@]3(C(=O)N(Cc4cccc(I)c4)c4ccccc43)[C@@H]2C)cc1. The largest absolute Gasteiger partial charge is 0.497 e. The summed E-state index contributed by atoms with van der Waals surface area (Å²) in [5.74, 6) is 0.783. The monoisotopic (exact) mass is 627 g/mol. The summed E-state index contributed by atoms with van der Waals surface area (Å²) in [4.78, 5) is 16.4. The van der Waals surface area contributed by atoms with Crippen molar-refractivity contribution in [2.24, 2.45) is 5.92 Å². The predicted octanol–water partition coefficient (Wildman–Crippen LogP) is 5.45. The molecule has 2 aliphatic heterocycles. The van der Waals surface area contributed by atoms with Crippen molar-refractivity contribution in [3.05, 3.63) is 87.5 Å². The van der Waals surface area contributed by atoms with Gasteiger partial charge in [0.1, 0.15) is 5.75 Å². The number of para-hydroxylation sites is 1. The second-order valence-corrected chi connectivity index (χ2v) is 16.6. The quantitative estimate of drug-likeness (QED) is 0.280. The zero-order chi connectivity index (χ0) is 26.4. The molecule has 1 N–H and O–H groups in total. The number of aliphatic hydroxyl groups excluding tert-OH is 1. The van der Waals surface area contributed by atoms with Crippen molar-refractivity contribution in [3.8, 4) is 5.75 Å². The number of hydrogen-bond acceptors (Lipinski definition) is 4. The molecule has 0 saturated carbocycles. The number of anilines is 1. The van der Waals surface area contributed by atoms with E-state index in [0.29, 0.717) is 13.0 Å². The van der Waals surface area contributed by atoms with E-state index < -0.39 is 13.7 Å². The van der Waals surface area contributed by atoms with Gasteiger partial charge in [0.2, 0.25) is 0 Å². The number of carbonyl (C=O) groups excluding carboxylic acids is 1. The van der Waals surface area contributed by atoms with E-state index in [9.17, 15) is 9.90 Å². The fraction of sp³-hybridized carbons (Fsp3) is 0.367. The van der Waals surface area contributed by atoms with Crippen LogP contribution in [0.4, 0.5) is 5.69 Å². The van der Waals surface area contributed by atoms with Gasteiger partial charge in [-0.1, -0.05) is 67.7 Å². The number of nitrogens with zero attached hydrogens (tertiary/aromatic N) is 1. The molecule has 0 unspecified atom stereocenters. The van der Waals surface area contributed by atoms with Gasteiger partial charge in [0.25, 0.3) is 5.91 Å². The lowest BCUT2D eigenvalue weighted by molar-refractivity contribution is -0.146. The summed E-state index contributed by atoms with van der Waals surface area (Å²) in [6.07, 6.45) is 0.300. The molecule has 4 atom stereocenters. The summed E-state index contributed by atoms with van der Waals surface area (Å²) < 4.78 is 13.5. The number of amides is 1. The van der Waals surface area contributed by atoms with Gasteiger partial charge in [-0.15, -0.1) is 0 Å². The average Bonchev–Trinajstić information content (AvgIpc) is 3.32. The second-order valence-electron chi connectivity index (χ2n) is 10.7. The Hall–Kier alpha value is -2.20. The Balaban J connectivity index is 1.58. The minimum Gasteiger partial charge on any atom is -0.497 e. The van der Waals surface area contributed by atoms with Crippen LogP contribution < -0.4 is 14.8 Å². The second kappa shape index (κ2) is 10.2. The van der Waals surface area contributed by atoms with Crippen molar-refractivity contribution < 1.29 is 19.4 Å². The lowest BCUT2D eigenvalue weighted by atomic mass is 9.82. The molecule has 5 nitrogen and oxygen atoms in total. The molecule has 7 heteroatoms. The Morgan fingerprint density at radius 1 is 1.08 bits per heavy atom. The lowest BCUT2D eigenvalue weighted by Gasteiger charge is -2.37. The Morgan fingerprint density at radius 2 is 1.81 bits per heavy atom. The van der Waals surface area contributed by atoms with Gasteiger partial charge in [-0.2, -0.15) is 0 Å². The molecule has 3 aromatic carbocycles. The average molecular weight is 628 g/mol. The zero-order valence-electron chi connectivity index (χ0n) is 21.8. The maximum absolute atomic E-state index is 14.5. The highest BCUT2D eigenvalue weighted by Gasteiger charge is 2.66. The molecule has 0 aromatic heterocycles. The Bertz CT molecular complexity index is 1300. The fourth-order valence-electron chi connectivity index (χ4n) is 6.64. The highest BCUT2D eigenvalue weighted by molar-refractivity contribution is 14.1. The highest BCUT2D eigenvalue weighted by Crippen LogP contribution is 2.60. The number of methoxy groups -OCH3 is 1. The zero-order valence-corrected chi connectivity index (χ0v) is 24.9. The number of ether oxygens (including phenoxy) is 2. The smallest absolute Gasteiger partial charge is 0.264 e. The molecule has 2 aliphatic rings. The molecule has 37 heavy (non-hydrogen) atoms. The number of benzene rings is 3. The van der Waals surface area contributed by atoms with E-state index in [1.165, 1.54) is 5.19 Å². The van der Waals surface area contributed by atoms with Crippen LogP contribution in [0.25, 0.3) is 0 Å². The minimum absolute atomic E-state index is 0.00466. The predicted molar refractivity (Wildman–Crippen MR) is 158 cm³/mol. The van der Waals surface area contributed by atoms with Crippen LogP contribution >= 0.6 is 22.6 Å². The molecule has 0 radical (unpaired) electrons. The first kappa shape index (κ1) is 26.4. The third-order valence-corrected chi connectivity index (χ3v) is 13.4. The molecule has 3 aromatic rings. The van der Waals surface area contributed by atoms with E-state index >= 15 is 0 Å². The van der Waals surface area contributed by atoms with Gasteiger partial charge in [0.05, 0.1) is 33.5 Å². The van der Waals surface area contributed by atoms with Crippen LogP contribution in [0.1, 0.15) is 24.5 Å². The summed E-state index contributed by atoms with van der Waals surface area (Å²) in [5.41, 5.74) is 2.05. The van der Waals surface area contributed by atoms with Crippen molar-refractivity contribution in [1.82, 2.24) is 0 Å². The third kappa shape index (κ3) is 4.33. The third-order valence-electron chi connectivity index (χ3n) is 8.39. The number of aliphatic hydroxyl groups is 1. The van der Waals surface area contributed by atoms with Crippen LogP contribution in [0.5, 0.6) is 5.75 Å². The molecule has 0 bridgehead atoms. The molecule has 0 aliphatic carbocycles. The topological polar surface area (TPSA) is 59.0 Å². The number of rotatable bonds is 7. The first-order valence-electron chi connectivity index (χ1n) is 12.8. The van der Waals surface area contributed by atoms with Gasteiger partial charge < -0.3 is 19.5 Å². The molecule has 1 amide bonds. The number of carbonyl (C=O) groups is 1. The van der Waals surface area contributed by atoms with E-state index in [1.54, 1.807) is 7.11 Å². The maximum Gasteiger partial charge on any atom is 0.264 e. The molecule has 1 saturated heterocycles. The van der Waals surface area contributed by atoms with E-state index in [-0.39, 0.29) is 30.1 Å². The maximum atomic E-state index is 14.5. The van der Waals surface area contributed by atoms with Crippen molar-refractivity contribution in [2.45, 2.75) is 50.2 Å². The Morgan fingerprint density at radius 3 is 2.49 bits per heavy atom. The Kier molecular flexibility index (Phi) is 7.26. The van der Waals surface area contributed by atoms with E-state index in [1.807, 2.05) is 41.3 Å². The summed E-state index contributed by atoms with van der Waals surface area (Å²) in [6, 6.07) is 24.7. The molecule has 194 valence electrons. The van der Waals surface area contributed by atoms with Crippen LogP contribution in [0.2, 0.25) is 18.6 Å². The summed E-state index contributed by atoms with van der Waals surface area (Å²) in [6.45, 7) is 7.43. The van der Waals surface area contributed by atoms with Crippen molar-refractivity contribution in [1.29, 1.82) is 0 Å². The first-order chi connectivity index (χ1) is 17.7. The molecule has 2 heterocycles. The van der Waals surface area contributed by atoms with Crippen LogP contribution in [-0.2, 0) is 21.7 Å². The van der Waals surface area contributed by atoms with Crippen molar-refractivity contribution in [3.63, 3.8) is 0 Å². The normalized spacial score (nSPS) is 25.1. The van der Waals surface area contributed by atoms with Gasteiger partial charge in [0, 0.05) is 21.7 Å². The first-order valence-corrected chi connectivity index (χ1v) is 17.0. The van der Waals surface area contributed by atoms with E-state index in [4.69, 9.17) is 9.47 Å². The highest BCUT2D eigenvalue weighted by atomic mass is 127.